The van der Waals surface area contributed by atoms with Gasteiger partial charge in [0.2, 0.25) is 0 Å². The van der Waals surface area contributed by atoms with Crippen molar-refractivity contribution in [2.45, 2.75) is 0 Å². The maximum absolute atomic E-state index is 9.87. The molecule has 0 aliphatic heterocycles. The van der Waals surface area contributed by atoms with Gasteiger partial charge in [-0.1, -0.05) is 97.1 Å². The number of rotatable bonds is 6. The summed E-state index contributed by atoms with van der Waals surface area (Å²) in [5, 5.41) is 23.7. The number of fused-ring (bicyclic) bond motifs is 6. The van der Waals surface area contributed by atoms with Gasteiger partial charge in [-0.15, -0.1) is 0 Å². The van der Waals surface area contributed by atoms with Gasteiger partial charge in [-0.25, -0.2) is 15.0 Å². The summed E-state index contributed by atoms with van der Waals surface area (Å²) in [6.45, 7) is 0. The average Bonchev–Trinajstić information content (AvgIpc) is 3.84. The van der Waals surface area contributed by atoms with E-state index in [0.29, 0.717) is 28.6 Å². The summed E-state index contributed by atoms with van der Waals surface area (Å²) in [6, 6.07) is 63.2. The molecule has 7 aromatic carbocycles. The molecule has 0 fully saturated rings. The normalized spacial score (nSPS) is 11.3. The zero-order valence-electron chi connectivity index (χ0n) is 31.9. The van der Waals surface area contributed by atoms with Gasteiger partial charge in [0.25, 0.3) is 0 Å². The molecule has 11 aromatic rings. The Morgan fingerprint density at radius 3 is 1.48 bits per heavy atom. The standard InChI is InChI=1S/C52H30N8/c53-31-33-19-22-47-41(27-33)39-15-7-9-17-45(39)59(47)38-25-26-55-44(30-38)43-29-37(52-57-50(35-11-3-1-4-12-35)56-51(58-52)36-13-5-2-6-14-36)21-24-49(43)60-46-18-10-8-16-40(46)42-28-34(32-54)20-23-48(42)60/h1-30H. The van der Waals surface area contributed by atoms with Gasteiger partial charge in [0.1, 0.15) is 0 Å². The van der Waals surface area contributed by atoms with Crippen molar-refractivity contribution in [3.63, 3.8) is 0 Å². The summed E-state index contributed by atoms with van der Waals surface area (Å²) in [6.07, 6.45) is 1.85. The summed E-state index contributed by atoms with van der Waals surface area (Å²) < 4.78 is 4.48. The van der Waals surface area contributed by atoms with Gasteiger partial charge >= 0.3 is 0 Å². The molecule has 60 heavy (non-hydrogen) atoms. The third kappa shape index (κ3) is 5.67. The van der Waals surface area contributed by atoms with Crippen molar-refractivity contribution in [2.75, 3.05) is 0 Å². The lowest BCUT2D eigenvalue weighted by Gasteiger charge is -2.17. The van der Waals surface area contributed by atoms with E-state index < -0.39 is 0 Å². The van der Waals surface area contributed by atoms with Crippen LogP contribution in [0.25, 0.3) is 100 Å². The molecule has 11 rings (SSSR count). The van der Waals surface area contributed by atoms with Crippen LogP contribution < -0.4 is 0 Å². The molecule has 8 nitrogen and oxygen atoms in total. The van der Waals surface area contributed by atoms with Gasteiger partial charge < -0.3 is 9.13 Å². The van der Waals surface area contributed by atoms with E-state index in [2.05, 4.69) is 69.8 Å². The Kier molecular flexibility index (Phi) is 8.07. The number of pyridine rings is 1. The van der Waals surface area contributed by atoms with E-state index in [4.69, 9.17) is 19.9 Å². The van der Waals surface area contributed by atoms with E-state index in [1.165, 1.54) is 0 Å². The van der Waals surface area contributed by atoms with Crippen LogP contribution in [0.2, 0.25) is 0 Å². The molecule has 4 heterocycles. The number of nitrogens with zero attached hydrogens (tertiary/aromatic N) is 8. The first-order valence-electron chi connectivity index (χ1n) is 19.5. The molecule has 0 N–H and O–H groups in total. The largest absolute Gasteiger partial charge is 0.309 e. The number of hydrogen-bond donors (Lipinski definition) is 0. The fourth-order valence-electron chi connectivity index (χ4n) is 8.34. The minimum atomic E-state index is 0.531. The van der Waals surface area contributed by atoms with Crippen LogP contribution >= 0.6 is 0 Å². The first-order valence-corrected chi connectivity index (χ1v) is 19.5. The molecule has 4 aromatic heterocycles. The molecule has 0 bridgehead atoms. The predicted molar refractivity (Wildman–Crippen MR) is 237 cm³/mol. The van der Waals surface area contributed by atoms with Crippen LogP contribution in [0, 0.1) is 22.7 Å². The smallest absolute Gasteiger partial charge is 0.164 e. The van der Waals surface area contributed by atoms with Crippen molar-refractivity contribution in [3.05, 3.63) is 193 Å². The first-order chi connectivity index (χ1) is 29.6. The Morgan fingerprint density at radius 2 is 0.900 bits per heavy atom. The second-order valence-corrected chi connectivity index (χ2v) is 14.6. The topological polar surface area (TPSA) is 109 Å². The van der Waals surface area contributed by atoms with Crippen molar-refractivity contribution >= 4 is 43.6 Å². The molecule has 278 valence electrons. The number of benzene rings is 7. The third-order valence-electron chi connectivity index (χ3n) is 11.1. The van der Waals surface area contributed by atoms with Gasteiger partial charge in [-0.3, -0.25) is 4.98 Å². The number of aromatic nitrogens is 6. The van der Waals surface area contributed by atoms with Crippen LogP contribution in [-0.4, -0.2) is 29.1 Å². The van der Waals surface area contributed by atoms with Crippen LogP contribution in [0.4, 0.5) is 0 Å². The Morgan fingerprint density at radius 1 is 0.400 bits per heavy atom. The van der Waals surface area contributed by atoms with E-state index >= 15 is 0 Å². The summed E-state index contributed by atoms with van der Waals surface area (Å²) in [4.78, 5) is 20.2. The van der Waals surface area contributed by atoms with Crippen molar-refractivity contribution in [3.8, 4) is 68.9 Å². The molecular weight excluding hydrogens is 737 g/mol. The molecule has 0 unspecified atom stereocenters. The lowest BCUT2D eigenvalue weighted by molar-refractivity contribution is 1.07. The van der Waals surface area contributed by atoms with E-state index in [0.717, 1.165) is 82.9 Å². The minimum absolute atomic E-state index is 0.531. The highest BCUT2D eigenvalue weighted by Crippen LogP contribution is 2.39. The summed E-state index contributed by atoms with van der Waals surface area (Å²) in [5.41, 5.74) is 11.2. The van der Waals surface area contributed by atoms with E-state index in [1.807, 2.05) is 134 Å². The van der Waals surface area contributed by atoms with Crippen molar-refractivity contribution in [1.82, 2.24) is 29.1 Å². The van der Waals surface area contributed by atoms with E-state index in [9.17, 15) is 10.5 Å². The van der Waals surface area contributed by atoms with Gasteiger partial charge in [0.15, 0.2) is 17.5 Å². The highest BCUT2D eigenvalue weighted by Gasteiger charge is 2.21. The monoisotopic (exact) mass is 766 g/mol. The van der Waals surface area contributed by atoms with Crippen molar-refractivity contribution in [2.24, 2.45) is 0 Å². The molecule has 0 radical (unpaired) electrons. The van der Waals surface area contributed by atoms with E-state index in [1.54, 1.807) is 0 Å². The highest BCUT2D eigenvalue weighted by atomic mass is 15.0. The van der Waals surface area contributed by atoms with Crippen LogP contribution in [0.5, 0.6) is 0 Å². The zero-order valence-corrected chi connectivity index (χ0v) is 31.9. The first kappa shape index (κ1) is 34.5. The average molecular weight is 767 g/mol. The summed E-state index contributed by atoms with van der Waals surface area (Å²) in [7, 11) is 0. The Hall–Kier alpha value is -8.72. The second-order valence-electron chi connectivity index (χ2n) is 14.6. The second kappa shape index (κ2) is 14.0. The molecule has 0 saturated heterocycles. The van der Waals surface area contributed by atoms with Gasteiger partial charge in [0.05, 0.1) is 56.7 Å². The van der Waals surface area contributed by atoms with Crippen LogP contribution in [-0.2, 0) is 0 Å². The highest BCUT2D eigenvalue weighted by molar-refractivity contribution is 6.11. The molecule has 0 amide bonds. The summed E-state index contributed by atoms with van der Waals surface area (Å²) >= 11 is 0. The Balaban J connectivity index is 1.18. The van der Waals surface area contributed by atoms with Crippen LogP contribution in [0.15, 0.2) is 182 Å². The van der Waals surface area contributed by atoms with Crippen LogP contribution in [0.1, 0.15) is 11.1 Å². The molecule has 0 aliphatic rings. The molecule has 8 heteroatoms. The van der Waals surface area contributed by atoms with Gasteiger partial charge in [-0.05, 0) is 78.9 Å². The third-order valence-corrected chi connectivity index (χ3v) is 11.1. The van der Waals surface area contributed by atoms with E-state index in [-0.39, 0.29) is 0 Å². The SMILES string of the molecule is N#Cc1ccc2c(c1)c1ccccc1n2-c1ccnc(-c2cc(-c3nc(-c4ccccc4)nc(-c4ccccc4)n3)ccc2-n2c3ccccc3c3cc(C#N)ccc32)c1. The predicted octanol–water partition coefficient (Wildman–Crippen LogP) is 11.9. The van der Waals surface area contributed by atoms with Gasteiger partial charge in [-0.2, -0.15) is 10.5 Å². The Labute approximate surface area is 344 Å². The molecular formula is C52H30N8. The van der Waals surface area contributed by atoms with Crippen LogP contribution in [0.3, 0.4) is 0 Å². The fraction of sp³-hybridized carbons (Fsp3) is 0. The maximum Gasteiger partial charge on any atom is 0.164 e. The maximum atomic E-state index is 9.87. The summed E-state index contributed by atoms with van der Waals surface area (Å²) in [5.74, 6) is 1.68. The number of nitriles is 2. The van der Waals surface area contributed by atoms with Crippen molar-refractivity contribution < 1.29 is 0 Å². The van der Waals surface area contributed by atoms with Crippen molar-refractivity contribution in [1.29, 1.82) is 10.5 Å². The fourth-order valence-corrected chi connectivity index (χ4v) is 8.34. The van der Waals surface area contributed by atoms with Gasteiger partial charge in [0, 0.05) is 55.7 Å². The molecule has 0 saturated carbocycles. The molecule has 0 atom stereocenters. The lowest BCUT2D eigenvalue weighted by atomic mass is 10.0. The minimum Gasteiger partial charge on any atom is -0.309 e. The number of hydrogen-bond acceptors (Lipinski definition) is 6. The number of para-hydroxylation sites is 2. The molecule has 0 aliphatic carbocycles. The zero-order chi connectivity index (χ0) is 40.2. The molecule has 0 spiro atoms. The lowest BCUT2D eigenvalue weighted by Crippen LogP contribution is -2.03. The Bertz CT molecular complexity index is 3510. The quantitative estimate of drug-likeness (QED) is 0.167.